The van der Waals surface area contributed by atoms with Crippen LogP contribution >= 0.6 is 0 Å². The number of carbonyl (C=O) groups is 3. The molecule has 2 aliphatic heterocycles. The second kappa shape index (κ2) is 7.52. The molecule has 30 heavy (non-hydrogen) atoms. The quantitative estimate of drug-likeness (QED) is 0.168. The molecule has 11 nitrogen and oxygen atoms in total. The summed E-state index contributed by atoms with van der Waals surface area (Å²) < 4.78 is 24.1. The van der Waals surface area contributed by atoms with Crippen LogP contribution in [0.2, 0.25) is 0 Å². The zero-order valence-corrected chi connectivity index (χ0v) is 17.1. The van der Waals surface area contributed by atoms with E-state index in [1.165, 1.54) is 38.3 Å². The van der Waals surface area contributed by atoms with Crippen LogP contribution in [0.25, 0.3) is 6.08 Å². The predicted molar refractivity (Wildman–Crippen MR) is 107 cm³/mol. The Morgan fingerprint density at radius 1 is 1.43 bits per heavy atom. The average molecular weight is 435 g/mol. The highest BCUT2D eigenvalue weighted by atomic mass is 32.2. The van der Waals surface area contributed by atoms with Crippen molar-refractivity contribution in [1.29, 1.82) is 0 Å². The van der Waals surface area contributed by atoms with Gasteiger partial charge in [-0.3, -0.25) is 19.6 Å². The Hall–Kier alpha value is -3.28. The third kappa shape index (κ3) is 3.22. The summed E-state index contributed by atoms with van der Waals surface area (Å²) in [7, 11) is -3.98. The number of nitrogens with zero attached hydrogens (tertiary/aromatic N) is 3. The van der Waals surface area contributed by atoms with E-state index in [1.807, 2.05) is 0 Å². The lowest BCUT2D eigenvalue weighted by Crippen LogP contribution is -2.58. The second-order valence-corrected chi connectivity index (χ2v) is 9.92. The summed E-state index contributed by atoms with van der Waals surface area (Å²) in [5.74, 6) is -2.46. The van der Waals surface area contributed by atoms with E-state index >= 15 is 0 Å². The van der Waals surface area contributed by atoms with Gasteiger partial charge in [-0.2, -0.15) is 0 Å². The Morgan fingerprint density at radius 2 is 2.13 bits per heavy atom. The Kier molecular flexibility index (Phi) is 5.37. The number of aromatic nitrogens is 1. The number of pyridine rings is 1. The smallest absolute Gasteiger partial charge is 0.328 e. The molecule has 0 bridgehead atoms. The first kappa shape index (κ1) is 21.4. The molecular formula is C18H21N5O6S. The monoisotopic (exact) mass is 435 g/mol. The average Bonchev–Trinajstić information content (AvgIpc) is 2.83. The van der Waals surface area contributed by atoms with Crippen molar-refractivity contribution in [3.63, 3.8) is 0 Å². The number of carbonyl (C=O) groups excluding carboxylic acids is 2. The number of carboxylic acid groups (broad SMARTS) is 1. The molecular weight excluding hydrogens is 414 g/mol. The molecule has 0 aliphatic carbocycles. The van der Waals surface area contributed by atoms with Crippen LogP contribution in [0.15, 0.2) is 28.9 Å². The van der Waals surface area contributed by atoms with E-state index in [0.717, 1.165) is 11.2 Å². The van der Waals surface area contributed by atoms with Gasteiger partial charge in [0.15, 0.2) is 21.3 Å². The Morgan fingerprint density at radius 3 is 2.77 bits per heavy atom. The number of aliphatic imine (C=N–C) groups is 1. The minimum Gasteiger partial charge on any atom is -0.480 e. The van der Waals surface area contributed by atoms with Crippen molar-refractivity contribution in [2.45, 2.75) is 30.0 Å². The Balaban J connectivity index is 1.88. The molecule has 2 saturated heterocycles. The maximum absolute atomic E-state index is 12.9. The summed E-state index contributed by atoms with van der Waals surface area (Å²) >= 11 is 0. The summed E-state index contributed by atoms with van der Waals surface area (Å²) in [6.45, 7) is 3.17. The van der Waals surface area contributed by atoms with E-state index in [-0.39, 0.29) is 23.4 Å². The van der Waals surface area contributed by atoms with Crippen LogP contribution in [-0.4, -0.2) is 76.8 Å². The zero-order valence-electron chi connectivity index (χ0n) is 16.3. The lowest BCUT2D eigenvalue weighted by molar-refractivity contribution is -0.152. The summed E-state index contributed by atoms with van der Waals surface area (Å²) in [5.41, 5.74) is 5.52. The largest absolute Gasteiger partial charge is 0.480 e. The molecule has 2 atom stereocenters. The van der Waals surface area contributed by atoms with Gasteiger partial charge < -0.3 is 21.1 Å². The number of amides is 2. The van der Waals surface area contributed by atoms with Crippen LogP contribution in [0, 0.1) is 0 Å². The SMILES string of the molecule is CC1(C)[C@H](C(=O)O)N2C(=O)C(=Cc3cc(C(=O)NCCN=CN)ccn3)[C@H]2S1(=O)=O. The first-order valence-electron chi connectivity index (χ1n) is 8.98. The highest BCUT2D eigenvalue weighted by Crippen LogP contribution is 2.48. The molecule has 2 aliphatic rings. The topological polar surface area (TPSA) is 172 Å². The van der Waals surface area contributed by atoms with Crippen LogP contribution in [0.3, 0.4) is 0 Å². The van der Waals surface area contributed by atoms with Crippen LogP contribution < -0.4 is 11.1 Å². The molecule has 2 fully saturated rings. The number of nitrogens with two attached hydrogens (primary N) is 1. The maximum atomic E-state index is 12.9. The predicted octanol–water partition coefficient (Wildman–Crippen LogP) is -0.990. The van der Waals surface area contributed by atoms with Gasteiger partial charge in [-0.1, -0.05) is 0 Å². The van der Waals surface area contributed by atoms with Gasteiger partial charge in [0.05, 0.1) is 24.2 Å². The van der Waals surface area contributed by atoms with Crippen LogP contribution in [0.1, 0.15) is 29.9 Å². The van der Waals surface area contributed by atoms with Gasteiger partial charge in [0.25, 0.3) is 11.8 Å². The third-order valence-corrected chi connectivity index (χ3v) is 7.94. The van der Waals surface area contributed by atoms with Gasteiger partial charge in [0.1, 0.15) is 4.75 Å². The number of rotatable bonds is 6. The number of β-lactam (4-membered cyclic amide) rings is 1. The number of carboxylic acids is 1. The molecule has 0 unspecified atom stereocenters. The molecule has 0 spiro atoms. The highest BCUT2D eigenvalue weighted by molar-refractivity contribution is 7.94. The number of hydrogen-bond acceptors (Lipinski definition) is 7. The van der Waals surface area contributed by atoms with E-state index in [0.29, 0.717) is 6.54 Å². The standard InChI is InChI=1S/C18H21N5O6S/c1-18(2)13(17(26)27)23-15(25)12(16(23)30(18,28)29)8-11-7-10(3-4-21-11)14(24)22-6-5-20-9-19/h3-4,7-9,13,16H,5-6H2,1-2H3,(H2,19,20)(H,22,24)(H,26,27)/t13-,16+/m0/s1. The number of fused-ring (bicyclic) bond motifs is 1. The van der Waals surface area contributed by atoms with Crippen molar-refractivity contribution >= 4 is 40.0 Å². The van der Waals surface area contributed by atoms with Gasteiger partial charge in [-0.25, -0.2) is 13.2 Å². The Labute approximate surface area is 172 Å². The van der Waals surface area contributed by atoms with Crippen LogP contribution in [0.4, 0.5) is 0 Å². The normalized spacial score (nSPS) is 25.2. The van der Waals surface area contributed by atoms with Crippen LogP contribution in [0.5, 0.6) is 0 Å². The molecule has 0 saturated carbocycles. The maximum Gasteiger partial charge on any atom is 0.328 e. The van der Waals surface area contributed by atoms with E-state index in [2.05, 4.69) is 15.3 Å². The number of aliphatic carboxylic acids is 1. The molecule has 1 aromatic rings. The summed E-state index contributed by atoms with van der Waals surface area (Å²) in [6.07, 6.45) is 3.76. The van der Waals surface area contributed by atoms with Crippen molar-refractivity contribution < 1.29 is 27.9 Å². The number of nitrogens with one attached hydrogen (secondary N) is 1. The molecule has 3 heterocycles. The molecule has 2 amide bonds. The number of hydrogen-bond donors (Lipinski definition) is 3. The fraction of sp³-hybridized carbons (Fsp3) is 0.389. The minimum absolute atomic E-state index is 0.0748. The lowest BCUT2D eigenvalue weighted by Gasteiger charge is -2.37. The van der Waals surface area contributed by atoms with Gasteiger partial charge in [0.2, 0.25) is 0 Å². The summed E-state index contributed by atoms with van der Waals surface area (Å²) in [5, 5.41) is 10.7. The number of sulfone groups is 1. The van der Waals surface area contributed by atoms with Gasteiger partial charge in [-0.15, -0.1) is 0 Å². The molecule has 3 rings (SSSR count). The van der Waals surface area contributed by atoms with Gasteiger partial charge >= 0.3 is 5.97 Å². The first-order valence-corrected chi connectivity index (χ1v) is 10.5. The summed E-state index contributed by atoms with van der Waals surface area (Å²) in [6, 6.07) is 1.40. The lowest BCUT2D eigenvalue weighted by atomic mass is 9.95. The van der Waals surface area contributed by atoms with E-state index in [4.69, 9.17) is 5.73 Å². The van der Waals surface area contributed by atoms with Crippen LogP contribution in [-0.2, 0) is 19.4 Å². The third-order valence-electron chi connectivity index (χ3n) is 5.18. The molecule has 0 aromatic carbocycles. The van der Waals surface area contributed by atoms with Gasteiger partial charge in [-0.05, 0) is 32.1 Å². The molecule has 12 heteroatoms. The van der Waals surface area contributed by atoms with Crippen molar-refractivity contribution in [2.75, 3.05) is 13.1 Å². The van der Waals surface area contributed by atoms with Crippen molar-refractivity contribution in [1.82, 2.24) is 15.2 Å². The van der Waals surface area contributed by atoms with E-state index < -0.39 is 43.8 Å². The van der Waals surface area contributed by atoms with Gasteiger partial charge in [0, 0.05) is 18.3 Å². The van der Waals surface area contributed by atoms with Crippen molar-refractivity contribution in [2.24, 2.45) is 10.7 Å². The summed E-state index contributed by atoms with van der Waals surface area (Å²) in [4.78, 5) is 45.1. The van der Waals surface area contributed by atoms with E-state index in [1.54, 1.807) is 0 Å². The Bertz CT molecular complexity index is 1080. The van der Waals surface area contributed by atoms with Crippen molar-refractivity contribution in [3.05, 3.63) is 35.2 Å². The molecule has 1 aromatic heterocycles. The minimum atomic E-state index is -3.98. The van der Waals surface area contributed by atoms with Crippen molar-refractivity contribution in [3.8, 4) is 0 Å². The fourth-order valence-electron chi connectivity index (χ4n) is 3.58. The first-order chi connectivity index (χ1) is 14.0. The molecule has 0 radical (unpaired) electrons. The fourth-order valence-corrected chi connectivity index (χ4v) is 5.70. The second-order valence-electron chi connectivity index (χ2n) is 7.33. The highest BCUT2D eigenvalue weighted by Gasteiger charge is 2.70. The van der Waals surface area contributed by atoms with E-state index in [9.17, 15) is 27.9 Å². The molecule has 4 N–H and O–H groups in total. The molecule has 160 valence electrons. The zero-order chi connectivity index (χ0) is 22.3.